The summed E-state index contributed by atoms with van der Waals surface area (Å²) in [5.74, 6) is -0.211. The van der Waals surface area contributed by atoms with E-state index in [2.05, 4.69) is 31.5 Å². The first kappa shape index (κ1) is 16.1. The smallest absolute Gasteiger partial charge is 0.259 e. The minimum Gasteiger partial charge on any atom is -0.340 e. The number of halogens is 2. The van der Waals surface area contributed by atoms with Gasteiger partial charge in [-0.15, -0.1) is 0 Å². The van der Waals surface area contributed by atoms with E-state index in [1.165, 1.54) is 12.1 Å². The Morgan fingerprint density at radius 2 is 1.79 bits per heavy atom. The van der Waals surface area contributed by atoms with Crippen molar-refractivity contribution in [2.24, 2.45) is 0 Å². The molecule has 4 nitrogen and oxygen atoms in total. The maximum atomic E-state index is 13.0. The van der Waals surface area contributed by atoms with Gasteiger partial charge in [-0.2, -0.15) is 0 Å². The normalized spacial score (nSPS) is 10.2. The fraction of sp³-hybridized carbons (Fsp3) is 0. The third-order valence-corrected chi connectivity index (χ3v) is 3.74. The average molecular weight is 386 g/mol. The van der Waals surface area contributed by atoms with Crippen molar-refractivity contribution in [3.63, 3.8) is 0 Å². The molecule has 2 aromatic carbocycles. The third-order valence-electron chi connectivity index (χ3n) is 3.24. The Balaban J connectivity index is 1.83. The van der Waals surface area contributed by atoms with E-state index in [9.17, 15) is 9.18 Å². The van der Waals surface area contributed by atoms with Gasteiger partial charge in [-0.05, 0) is 54.6 Å². The molecule has 0 aliphatic rings. The number of hydrogen-bond acceptors (Lipinski definition) is 3. The number of hydrogen-bond donors (Lipinski definition) is 2. The molecule has 2 N–H and O–H groups in total. The second kappa shape index (κ2) is 7.23. The first-order valence-electron chi connectivity index (χ1n) is 7.16. The zero-order chi connectivity index (χ0) is 16.9. The topological polar surface area (TPSA) is 54.0 Å². The van der Waals surface area contributed by atoms with E-state index < -0.39 is 0 Å². The maximum Gasteiger partial charge on any atom is 0.259 e. The quantitative estimate of drug-likeness (QED) is 0.665. The molecule has 3 aromatic rings. The fourth-order valence-electron chi connectivity index (χ4n) is 2.12. The maximum absolute atomic E-state index is 13.0. The highest BCUT2D eigenvalue weighted by molar-refractivity contribution is 9.10. The number of nitrogens with one attached hydrogen (secondary N) is 2. The molecule has 1 aromatic heterocycles. The van der Waals surface area contributed by atoms with Crippen molar-refractivity contribution in [3.05, 3.63) is 82.7 Å². The molecule has 0 bridgehead atoms. The van der Waals surface area contributed by atoms with Crippen LogP contribution in [0.3, 0.4) is 0 Å². The van der Waals surface area contributed by atoms with Gasteiger partial charge >= 0.3 is 0 Å². The van der Waals surface area contributed by atoms with Crippen molar-refractivity contribution in [3.8, 4) is 0 Å². The third kappa shape index (κ3) is 3.97. The van der Waals surface area contributed by atoms with Gasteiger partial charge in [0.05, 0.1) is 5.56 Å². The van der Waals surface area contributed by atoms with Gasteiger partial charge in [-0.1, -0.05) is 22.0 Å². The van der Waals surface area contributed by atoms with Gasteiger partial charge in [0, 0.05) is 22.0 Å². The summed E-state index contributed by atoms with van der Waals surface area (Å²) in [5, 5.41) is 5.86. The first-order chi connectivity index (χ1) is 11.6. The summed E-state index contributed by atoms with van der Waals surface area (Å²) in [6.07, 6.45) is 1.59. The van der Waals surface area contributed by atoms with Gasteiger partial charge < -0.3 is 10.6 Å². The zero-order valence-electron chi connectivity index (χ0n) is 12.5. The number of aromatic nitrogens is 1. The Morgan fingerprint density at radius 1 is 1.00 bits per heavy atom. The highest BCUT2D eigenvalue weighted by atomic mass is 79.9. The second-order valence-electron chi connectivity index (χ2n) is 5.00. The SMILES string of the molecule is O=C(Nc1cccc(Br)c1)c1cccnc1Nc1ccc(F)cc1. The number of rotatable bonds is 4. The molecule has 0 aliphatic carbocycles. The summed E-state index contributed by atoms with van der Waals surface area (Å²) < 4.78 is 13.9. The van der Waals surface area contributed by atoms with E-state index in [1.54, 1.807) is 42.6 Å². The molecule has 120 valence electrons. The molecule has 0 aliphatic heterocycles. The van der Waals surface area contributed by atoms with Crippen molar-refractivity contribution in [1.29, 1.82) is 0 Å². The lowest BCUT2D eigenvalue weighted by molar-refractivity contribution is 0.102. The summed E-state index contributed by atoms with van der Waals surface area (Å²) >= 11 is 3.37. The number of anilines is 3. The van der Waals surface area contributed by atoms with Crippen LogP contribution < -0.4 is 10.6 Å². The van der Waals surface area contributed by atoms with Crippen LogP contribution in [0.4, 0.5) is 21.6 Å². The van der Waals surface area contributed by atoms with E-state index in [-0.39, 0.29) is 11.7 Å². The Labute approximate surface area is 146 Å². The first-order valence-corrected chi connectivity index (χ1v) is 7.95. The monoisotopic (exact) mass is 385 g/mol. The number of carbonyl (C=O) groups excluding carboxylic acids is 1. The predicted octanol–water partition coefficient (Wildman–Crippen LogP) is 4.98. The molecule has 0 spiro atoms. The fourth-order valence-corrected chi connectivity index (χ4v) is 2.52. The molecule has 0 unspecified atom stereocenters. The standard InChI is InChI=1S/C18H13BrFN3O/c19-12-3-1-4-15(11-12)23-18(24)16-5-2-10-21-17(16)22-14-8-6-13(20)7-9-14/h1-11H,(H,21,22)(H,23,24). The summed E-state index contributed by atoms with van der Waals surface area (Å²) in [4.78, 5) is 16.7. The van der Waals surface area contributed by atoms with Crippen molar-refractivity contribution in [1.82, 2.24) is 4.98 Å². The van der Waals surface area contributed by atoms with E-state index in [0.29, 0.717) is 22.8 Å². The van der Waals surface area contributed by atoms with Crippen LogP contribution in [0.5, 0.6) is 0 Å². The van der Waals surface area contributed by atoms with Crippen molar-refractivity contribution in [2.75, 3.05) is 10.6 Å². The van der Waals surface area contributed by atoms with Crippen LogP contribution in [0.2, 0.25) is 0 Å². The summed E-state index contributed by atoms with van der Waals surface area (Å²) in [6.45, 7) is 0. The Morgan fingerprint density at radius 3 is 2.54 bits per heavy atom. The van der Waals surface area contributed by atoms with Crippen LogP contribution in [-0.2, 0) is 0 Å². The number of nitrogens with zero attached hydrogens (tertiary/aromatic N) is 1. The predicted molar refractivity (Wildman–Crippen MR) is 96.0 cm³/mol. The second-order valence-corrected chi connectivity index (χ2v) is 5.91. The lowest BCUT2D eigenvalue weighted by Gasteiger charge is -2.11. The van der Waals surface area contributed by atoms with Crippen LogP contribution in [-0.4, -0.2) is 10.9 Å². The van der Waals surface area contributed by atoms with Gasteiger partial charge in [0.1, 0.15) is 11.6 Å². The molecule has 0 radical (unpaired) electrons. The van der Waals surface area contributed by atoms with E-state index in [4.69, 9.17) is 0 Å². The molecule has 0 saturated heterocycles. The van der Waals surface area contributed by atoms with Crippen LogP contribution in [0.1, 0.15) is 10.4 Å². The van der Waals surface area contributed by atoms with Gasteiger partial charge in [-0.3, -0.25) is 4.79 Å². The van der Waals surface area contributed by atoms with Gasteiger partial charge in [0.15, 0.2) is 0 Å². The number of carbonyl (C=O) groups is 1. The van der Waals surface area contributed by atoms with Crippen molar-refractivity contribution >= 4 is 39.0 Å². The molecule has 1 amide bonds. The summed E-state index contributed by atoms with van der Waals surface area (Å²) in [5.41, 5.74) is 1.71. The van der Waals surface area contributed by atoms with Crippen molar-refractivity contribution in [2.45, 2.75) is 0 Å². The van der Waals surface area contributed by atoms with Gasteiger partial charge in [-0.25, -0.2) is 9.37 Å². The molecule has 24 heavy (non-hydrogen) atoms. The molecule has 0 saturated carbocycles. The van der Waals surface area contributed by atoms with Crippen LogP contribution in [0.25, 0.3) is 0 Å². The molecular formula is C18H13BrFN3O. The van der Waals surface area contributed by atoms with E-state index in [0.717, 1.165) is 4.47 Å². The summed E-state index contributed by atoms with van der Waals surface area (Å²) in [6, 6.07) is 16.5. The number of amides is 1. The molecular weight excluding hydrogens is 373 g/mol. The van der Waals surface area contributed by atoms with Crippen LogP contribution in [0, 0.1) is 5.82 Å². The highest BCUT2D eigenvalue weighted by Gasteiger charge is 2.13. The van der Waals surface area contributed by atoms with E-state index >= 15 is 0 Å². The average Bonchev–Trinajstić information content (AvgIpc) is 2.57. The summed E-state index contributed by atoms with van der Waals surface area (Å²) in [7, 11) is 0. The zero-order valence-corrected chi connectivity index (χ0v) is 14.0. The minimum atomic E-state index is -0.325. The van der Waals surface area contributed by atoms with Crippen molar-refractivity contribution < 1.29 is 9.18 Å². The molecule has 1 heterocycles. The number of benzene rings is 2. The molecule has 0 fully saturated rings. The highest BCUT2D eigenvalue weighted by Crippen LogP contribution is 2.21. The molecule has 6 heteroatoms. The minimum absolute atomic E-state index is 0.286. The molecule has 3 rings (SSSR count). The molecule has 0 atom stereocenters. The number of pyridine rings is 1. The van der Waals surface area contributed by atoms with E-state index in [1.807, 2.05) is 12.1 Å². The largest absolute Gasteiger partial charge is 0.340 e. The lowest BCUT2D eigenvalue weighted by atomic mass is 10.2. The Bertz CT molecular complexity index is 868. The van der Waals surface area contributed by atoms with Crippen LogP contribution >= 0.6 is 15.9 Å². The Kier molecular flexibility index (Phi) is 4.86. The van der Waals surface area contributed by atoms with Gasteiger partial charge in [0.2, 0.25) is 0 Å². The Hall–Kier alpha value is -2.73. The van der Waals surface area contributed by atoms with Gasteiger partial charge in [0.25, 0.3) is 5.91 Å². The van der Waals surface area contributed by atoms with Crippen LogP contribution in [0.15, 0.2) is 71.3 Å². The lowest BCUT2D eigenvalue weighted by Crippen LogP contribution is -2.14.